The van der Waals surface area contributed by atoms with Gasteiger partial charge in [0.05, 0.1) is 24.2 Å². The molecule has 0 bridgehead atoms. The maximum atomic E-state index is 13.1. The zero-order valence-corrected chi connectivity index (χ0v) is 9.76. The van der Waals surface area contributed by atoms with Gasteiger partial charge in [-0.1, -0.05) is 6.07 Å². The van der Waals surface area contributed by atoms with Crippen LogP contribution < -0.4 is 0 Å². The lowest BCUT2D eigenvalue weighted by Crippen LogP contribution is -2.12. The molecule has 1 saturated heterocycles. The van der Waals surface area contributed by atoms with Crippen LogP contribution >= 0.6 is 11.6 Å². The van der Waals surface area contributed by atoms with Gasteiger partial charge in [-0.05, 0) is 12.1 Å². The summed E-state index contributed by atoms with van der Waals surface area (Å²) in [4.78, 5) is 0. The third kappa shape index (κ3) is 2.76. The lowest BCUT2D eigenvalue weighted by Gasteiger charge is -2.14. The number of hydrogen-bond acceptors (Lipinski definition) is 2. The zero-order valence-electron chi connectivity index (χ0n) is 9.01. The minimum absolute atomic E-state index is 0.122. The number of alkyl halides is 4. The Balaban J connectivity index is 2.25. The van der Waals surface area contributed by atoms with Gasteiger partial charge in [0.2, 0.25) is 0 Å². The Morgan fingerprint density at radius 3 is 2.61 bits per heavy atom. The van der Waals surface area contributed by atoms with Crippen LogP contribution in [0.4, 0.5) is 17.6 Å². The standard InChI is InChI=1S/C11H9ClF4O2/c12-4-7-5-17-10(18-7)6-1-2-9(13)8(3-6)11(14,15)16/h1-3,7,10H,4-5H2. The summed E-state index contributed by atoms with van der Waals surface area (Å²) in [6.07, 6.45) is -6.04. The molecule has 0 N–H and O–H groups in total. The summed E-state index contributed by atoms with van der Waals surface area (Å²) in [5.74, 6) is -1.14. The molecule has 0 aliphatic carbocycles. The molecular weight excluding hydrogens is 276 g/mol. The Bertz CT molecular complexity index is 436. The van der Waals surface area contributed by atoms with Gasteiger partial charge in [0.25, 0.3) is 0 Å². The maximum absolute atomic E-state index is 13.1. The van der Waals surface area contributed by atoms with Crippen molar-refractivity contribution >= 4 is 11.6 Å². The normalized spacial score (nSPS) is 24.5. The molecule has 1 aliphatic heterocycles. The van der Waals surface area contributed by atoms with Crippen molar-refractivity contribution in [1.82, 2.24) is 0 Å². The van der Waals surface area contributed by atoms with Gasteiger partial charge in [-0.15, -0.1) is 11.6 Å². The van der Waals surface area contributed by atoms with E-state index in [0.29, 0.717) is 6.07 Å². The van der Waals surface area contributed by atoms with Crippen LogP contribution in [0.3, 0.4) is 0 Å². The van der Waals surface area contributed by atoms with Crippen LogP contribution in [0, 0.1) is 5.82 Å². The minimum Gasteiger partial charge on any atom is -0.346 e. The minimum atomic E-state index is -4.75. The van der Waals surface area contributed by atoms with E-state index in [0.717, 1.165) is 6.07 Å². The SMILES string of the molecule is Fc1ccc(C2OCC(CCl)O2)cc1C(F)(F)F. The molecule has 7 heteroatoms. The fraction of sp³-hybridized carbons (Fsp3) is 0.455. The summed E-state index contributed by atoms with van der Waals surface area (Å²) >= 11 is 5.54. The maximum Gasteiger partial charge on any atom is 0.419 e. The molecule has 0 radical (unpaired) electrons. The Kier molecular flexibility index (Phi) is 3.79. The average Bonchev–Trinajstić information content (AvgIpc) is 2.76. The highest BCUT2D eigenvalue weighted by molar-refractivity contribution is 6.18. The van der Waals surface area contributed by atoms with Crippen LogP contribution in [0.5, 0.6) is 0 Å². The van der Waals surface area contributed by atoms with E-state index < -0.39 is 23.8 Å². The van der Waals surface area contributed by atoms with Crippen molar-refractivity contribution in [2.45, 2.75) is 18.6 Å². The highest BCUT2D eigenvalue weighted by Crippen LogP contribution is 2.35. The summed E-state index contributed by atoms with van der Waals surface area (Å²) in [6, 6.07) is 2.64. The molecule has 1 heterocycles. The fourth-order valence-electron chi connectivity index (χ4n) is 1.61. The largest absolute Gasteiger partial charge is 0.419 e. The van der Waals surface area contributed by atoms with Crippen molar-refractivity contribution in [2.75, 3.05) is 12.5 Å². The molecular formula is C11H9ClF4O2. The Morgan fingerprint density at radius 2 is 2.06 bits per heavy atom. The lowest BCUT2D eigenvalue weighted by atomic mass is 10.1. The predicted molar refractivity (Wildman–Crippen MR) is 55.7 cm³/mol. The van der Waals surface area contributed by atoms with Crippen LogP contribution in [0.1, 0.15) is 17.4 Å². The second-order valence-electron chi connectivity index (χ2n) is 3.81. The summed E-state index contributed by atoms with van der Waals surface area (Å²) in [5.41, 5.74) is -1.21. The summed E-state index contributed by atoms with van der Waals surface area (Å²) < 4.78 is 61.0. The monoisotopic (exact) mass is 284 g/mol. The molecule has 2 atom stereocenters. The van der Waals surface area contributed by atoms with Crippen LogP contribution in [-0.2, 0) is 15.7 Å². The zero-order chi connectivity index (χ0) is 13.3. The van der Waals surface area contributed by atoms with Crippen LogP contribution in [0.25, 0.3) is 0 Å². The predicted octanol–water partition coefficient (Wildman–Crippen LogP) is 3.50. The van der Waals surface area contributed by atoms with E-state index in [9.17, 15) is 17.6 Å². The Labute approximate surface area is 105 Å². The van der Waals surface area contributed by atoms with Gasteiger partial charge in [0.15, 0.2) is 6.29 Å². The molecule has 0 amide bonds. The highest BCUT2D eigenvalue weighted by atomic mass is 35.5. The second kappa shape index (κ2) is 5.03. The number of hydrogen-bond donors (Lipinski definition) is 0. The van der Waals surface area contributed by atoms with Crippen molar-refractivity contribution in [3.63, 3.8) is 0 Å². The van der Waals surface area contributed by atoms with Crippen molar-refractivity contribution in [1.29, 1.82) is 0 Å². The first kappa shape index (κ1) is 13.6. The fourth-order valence-corrected chi connectivity index (χ4v) is 1.77. The number of rotatable bonds is 2. The first-order chi connectivity index (χ1) is 8.41. The molecule has 0 spiro atoms. The van der Waals surface area contributed by atoms with E-state index in [-0.39, 0.29) is 24.2 Å². The van der Waals surface area contributed by atoms with E-state index in [1.165, 1.54) is 6.07 Å². The molecule has 0 saturated carbocycles. The first-order valence-corrected chi connectivity index (χ1v) is 5.65. The van der Waals surface area contributed by atoms with Crippen molar-refractivity contribution in [3.05, 3.63) is 35.1 Å². The molecule has 2 nitrogen and oxygen atoms in total. The van der Waals surface area contributed by atoms with E-state index in [4.69, 9.17) is 21.1 Å². The molecule has 0 aromatic heterocycles. The van der Waals surface area contributed by atoms with E-state index in [2.05, 4.69) is 0 Å². The molecule has 2 rings (SSSR count). The van der Waals surface area contributed by atoms with Crippen LogP contribution in [0.15, 0.2) is 18.2 Å². The van der Waals surface area contributed by atoms with Gasteiger partial charge < -0.3 is 9.47 Å². The Morgan fingerprint density at radius 1 is 1.33 bits per heavy atom. The molecule has 1 aliphatic rings. The van der Waals surface area contributed by atoms with Crippen LogP contribution in [-0.4, -0.2) is 18.6 Å². The molecule has 100 valence electrons. The summed E-state index contributed by atoms with van der Waals surface area (Å²) in [5, 5.41) is 0. The van der Waals surface area contributed by atoms with Gasteiger partial charge in [-0.3, -0.25) is 0 Å². The molecule has 1 fully saturated rings. The smallest absolute Gasteiger partial charge is 0.346 e. The van der Waals surface area contributed by atoms with E-state index in [1.54, 1.807) is 0 Å². The van der Waals surface area contributed by atoms with Crippen molar-refractivity contribution in [3.8, 4) is 0 Å². The number of ether oxygens (including phenoxy) is 2. The third-order valence-electron chi connectivity index (χ3n) is 2.49. The topological polar surface area (TPSA) is 18.5 Å². The quantitative estimate of drug-likeness (QED) is 0.611. The molecule has 18 heavy (non-hydrogen) atoms. The molecule has 2 unspecified atom stereocenters. The summed E-state index contributed by atoms with van der Waals surface area (Å²) in [7, 11) is 0. The van der Waals surface area contributed by atoms with Crippen molar-refractivity contribution in [2.24, 2.45) is 0 Å². The second-order valence-corrected chi connectivity index (χ2v) is 4.12. The van der Waals surface area contributed by atoms with Crippen molar-refractivity contribution < 1.29 is 27.0 Å². The first-order valence-electron chi connectivity index (χ1n) is 5.11. The average molecular weight is 285 g/mol. The van der Waals surface area contributed by atoms with E-state index in [1.807, 2.05) is 0 Å². The lowest BCUT2D eigenvalue weighted by molar-refractivity contribution is -0.140. The highest BCUT2D eigenvalue weighted by Gasteiger charge is 2.36. The Hall–Kier alpha value is -0.850. The van der Waals surface area contributed by atoms with E-state index >= 15 is 0 Å². The number of benzene rings is 1. The molecule has 1 aromatic rings. The number of halogens is 5. The van der Waals surface area contributed by atoms with Gasteiger partial charge in [0.1, 0.15) is 5.82 Å². The van der Waals surface area contributed by atoms with Gasteiger partial charge >= 0.3 is 6.18 Å². The van der Waals surface area contributed by atoms with Gasteiger partial charge in [-0.2, -0.15) is 13.2 Å². The third-order valence-corrected chi connectivity index (χ3v) is 2.83. The summed E-state index contributed by atoms with van der Waals surface area (Å²) in [6.45, 7) is 0.201. The van der Waals surface area contributed by atoms with Crippen LogP contribution in [0.2, 0.25) is 0 Å². The molecule has 1 aromatic carbocycles. The van der Waals surface area contributed by atoms with Gasteiger partial charge in [0, 0.05) is 5.56 Å². The van der Waals surface area contributed by atoms with Gasteiger partial charge in [-0.25, -0.2) is 4.39 Å².